The van der Waals surface area contributed by atoms with Gasteiger partial charge in [-0.1, -0.05) is 24.6 Å². The third-order valence-corrected chi connectivity index (χ3v) is 6.47. The van der Waals surface area contributed by atoms with Crippen LogP contribution in [0.3, 0.4) is 0 Å². The first-order valence-electron chi connectivity index (χ1n) is 11.3. The van der Waals surface area contributed by atoms with Crippen LogP contribution in [-0.2, 0) is 32.4 Å². The van der Waals surface area contributed by atoms with Gasteiger partial charge in [-0.05, 0) is 43.9 Å². The fourth-order valence-electron chi connectivity index (χ4n) is 4.80. The molecule has 1 aromatic carbocycles. The summed E-state index contributed by atoms with van der Waals surface area (Å²) >= 11 is 0. The molecule has 0 saturated heterocycles. The standard InChI is InChI=1S/C24H29N5O2/c1-17-15-18-7-4-5-8-20(18)29(17)16-21-19(11-14-31-21)24(30)25-12-10-23-27-26-22-9-3-2-6-13-28(22)23/h4-5,7-8,11,14,17H,2-3,6,9-10,12-13,15-16H2,1H3,(H,25,30). The predicted molar refractivity (Wildman–Crippen MR) is 118 cm³/mol. The van der Waals surface area contributed by atoms with Crippen LogP contribution in [0.1, 0.15) is 59.5 Å². The number of hydrogen-bond donors (Lipinski definition) is 1. The van der Waals surface area contributed by atoms with E-state index in [9.17, 15) is 4.79 Å². The number of benzene rings is 1. The quantitative estimate of drug-likeness (QED) is 0.662. The van der Waals surface area contributed by atoms with Crippen molar-refractivity contribution in [1.29, 1.82) is 0 Å². The zero-order chi connectivity index (χ0) is 21.2. The van der Waals surface area contributed by atoms with E-state index in [2.05, 4.69) is 56.2 Å². The van der Waals surface area contributed by atoms with Crippen molar-refractivity contribution in [2.45, 2.75) is 64.6 Å². The van der Waals surface area contributed by atoms with E-state index in [0.29, 0.717) is 36.9 Å². The predicted octanol–water partition coefficient (Wildman–Crippen LogP) is 3.52. The second-order valence-corrected chi connectivity index (χ2v) is 8.57. The first kappa shape index (κ1) is 19.8. The van der Waals surface area contributed by atoms with E-state index in [4.69, 9.17) is 4.42 Å². The summed E-state index contributed by atoms with van der Waals surface area (Å²) in [5.74, 6) is 2.65. The van der Waals surface area contributed by atoms with Gasteiger partial charge in [0.1, 0.15) is 17.4 Å². The van der Waals surface area contributed by atoms with Crippen LogP contribution in [0.25, 0.3) is 0 Å². The van der Waals surface area contributed by atoms with Crippen LogP contribution in [0.15, 0.2) is 41.0 Å². The van der Waals surface area contributed by atoms with Crippen molar-refractivity contribution in [2.75, 3.05) is 11.4 Å². The van der Waals surface area contributed by atoms with E-state index in [-0.39, 0.29) is 5.91 Å². The average Bonchev–Trinajstić information content (AvgIpc) is 3.42. The molecular weight excluding hydrogens is 390 g/mol. The van der Waals surface area contributed by atoms with Crippen LogP contribution < -0.4 is 10.2 Å². The summed E-state index contributed by atoms with van der Waals surface area (Å²) in [7, 11) is 0. The summed E-state index contributed by atoms with van der Waals surface area (Å²) < 4.78 is 7.95. The molecule has 31 heavy (non-hydrogen) atoms. The van der Waals surface area contributed by atoms with E-state index in [1.807, 2.05) is 0 Å². The molecule has 1 unspecified atom stereocenters. The molecule has 1 amide bonds. The number of aromatic nitrogens is 3. The van der Waals surface area contributed by atoms with Crippen molar-refractivity contribution in [1.82, 2.24) is 20.1 Å². The van der Waals surface area contributed by atoms with E-state index >= 15 is 0 Å². The monoisotopic (exact) mass is 419 g/mol. The number of carbonyl (C=O) groups is 1. The number of nitrogens with one attached hydrogen (secondary N) is 1. The normalized spacial score (nSPS) is 17.8. The molecule has 4 heterocycles. The van der Waals surface area contributed by atoms with Crippen LogP contribution >= 0.6 is 0 Å². The van der Waals surface area contributed by atoms with Gasteiger partial charge < -0.3 is 19.2 Å². The molecule has 5 rings (SSSR count). The Morgan fingerprint density at radius 3 is 3.03 bits per heavy atom. The first-order valence-corrected chi connectivity index (χ1v) is 11.3. The molecule has 3 aromatic rings. The Morgan fingerprint density at radius 2 is 2.10 bits per heavy atom. The Balaban J connectivity index is 1.22. The highest BCUT2D eigenvalue weighted by molar-refractivity contribution is 5.95. The minimum Gasteiger partial charge on any atom is -0.467 e. The molecule has 0 radical (unpaired) electrons. The van der Waals surface area contributed by atoms with Gasteiger partial charge in [0.2, 0.25) is 0 Å². The number of rotatable bonds is 6. The number of nitrogens with zero attached hydrogens (tertiary/aromatic N) is 4. The molecule has 1 N–H and O–H groups in total. The molecule has 0 saturated carbocycles. The molecule has 0 bridgehead atoms. The van der Waals surface area contributed by atoms with Crippen LogP contribution in [0, 0.1) is 0 Å². The summed E-state index contributed by atoms with van der Waals surface area (Å²) in [4.78, 5) is 15.2. The van der Waals surface area contributed by atoms with Gasteiger partial charge in [0.05, 0.1) is 18.4 Å². The lowest BCUT2D eigenvalue weighted by molar-refractivity contribution is 0.0952. The van der Waals surface area contributed by atoms with Gasteiger partial charge in [-0.15, -0.1) is 10.2 Å². The van der Waals surface area contributed by atoms with Gasteiger partial charge in [-0.25, -0.2) is 0 Å². The Hall–Kier alpha value is -3.09. The average molecular weight is 420 g/mol. The maximum atomic E-state index is 12.9. The van der Waals surface area contributed by atoms with Gasteiger partial charge in [-0.3, -0.25) is 4.79 Å². The third-order valence-electron chi connectivity index (χ3n) is 6.47. The van der Waals surface area contributed by atoms with Crippen LogP contribution in [0.5, 0.6) is 0 Å². The smallest absolute Gasteiger partial charge is 0.254 e. The van der Waals surface area contributed by atoms with Crippen molar-refractivity contribution < 1.29 is 9.21 Å². The van der Waals surface area contributed by atoms with Crippen molar-refractivity contribution >= 4 is 11.6 Å². The lowest BCUT2D eigenvalue weighted by Gasteiger charge is -2.24. The van der Waals surface area contributed by atoms with Crippen LogP contribution in [0.2, 0.25) is 0 Å². The molecule has 2 aromatic heterocycles. The molecule has 7 heteroatoms. The minimum atomic E-state index is -0.0977. The van der Waals surface area contributed by atoms with Crippen LogP contribution in [-0.4, -0.2) is 33.3 Å². The molecule has 0 spiro atoms. The summed E-state index contributed by atoms with van der Waals surface area (Å²) in [5.41, 5.74) is 3.18. The number of amides is 1. The number of hydrogen-bond acceptors (Lipinski definition) is 5. The molecule has 0 fully saturated rings. The Morgan fingerprint density at radius 1 is 1.19 bits per heavy atom. The fourth-order valence-corrected chi connectivity index (χ4v) is 4.80. The number of aryl methyl sites for hydroxylation is 1. The van der Waals surface area contributed by atoms with E-state index in [1.165, 1.54) is 30.5 Å². The topological polar surface area (TPSA) is 76.2 Å². The van der Waals surface area contributed by atoms with Gasteiger partial charge in [0.25, 0.3) is 5.91 Å². The number of anilines is 1. The Kier molecular flexibility index (Phi) is 5.49. The number of fused-ring (bicyclic) bond motifs is 2. The second kappa shape index (κ2) is 8.57. The fraction of sp³-hybridized carbons (Fsp3) is 0.458. The highest BCUT2D eigenvalue weighted by Gasteiger charge is 2.28. The zero-order valence-corrected chi connectivity index (χ0v) is 18.0. The lowest BCUT2D eigenvalue weighted by atomic mass is 10.1. The summed E-state index contributed by atoms with van der Waals surface area (Å²) in [6, 6.07) is 10.6. The SMILES string of the molecule is CC1Cc2ccccc2N1Cc1occc1C(=O)NCCc1nnc2n1CCCCC2. The number of furan rings is 1. The molecular formula is C24H29N5O2. The molecule has 1 atom stereocenters. The highest BCUT2D eigenvalue weighted by Crippen LogP contribution is 2.33. The van der Waals surface area contributed by atoms with Gasteiger partial charge in [0.15, 0.2) is 0 Å². The molecule has 0 aliphatic carbocycles. The molecule has 2 aliphatic heterocycles. The summed E-state index contributed by atoms with van der Waals surface area (Å²) in [5, 5.41) is 11.7. The van der Waals surface area contributed by atoms with Crippen molar-refractivity contribution in [3.05, 3.63) is 65.1 Å². The van der Waals surface area contributed by atoms with Gasteiger partial charge >= 0.3 is 0 Å². The minimum absolute atomic E-state index is 0.0977. The first-order chi connectivity index (χ1) is 15.2. The molecule has 2 aliphatic rings. The molecule has 7 nitrogen and oxygen atoms in total. The highest BCUT2D eigenvalue weighted by atomic mass is 16.3. The van der Waals surface area contributed by atoms with Crippen LogP contribution in [0.4, 0.5) is 5.69 Å². The van der Waals surface area contributed by atoms with E-state index < -0.39 is 0 Å². The lowest BCUT2D eigenvalue weighted by Crippen LogP contribution is -2.31. The summed E-state index contributed by atoms with van der Waals surface area (Å²) in [6.07, 6.45) is 7.89. The number of para-hydroxylation sites is 1. The van der Waals surface area contributed by atoms with Crippen molar-refractivity contribution in [2.24, 2.45) is 0 Å². The van der Waals surface area contributed by atoms with E-state index in [1.54, 1.807) is 12.3 Å². The van der Waals surface area contributed by atoms with E-state index in [0.717, 1.165) is 31.0 Å². The van der Waals surface area contributed by atoms with Crippen molar-refractivity contribution in [3.8, 4) is 0 Å². The Labute approximate surface area is 182 Å². The largest absolute Gasteiger partial charge is 0.467 e. The van der Waals surface area contributed by atoms with Gasteiger partial charge in [-0.2, -0.15) is 0 Å². The summed E-state index contributed by atoms with van der Waals surface area (Å²) in [6.45, 7) is 4.31. The zero-order valence-electron chi connectivity index (χ0n) is 18.0. The van der Waals surface area contributed by atoms with Gasteiger partial charge in [0, 0.05) is 37.7 Å². The Bertz CT molecular complexity index is 1070. The second-order valence-electron chi connectivity index (χ2n) is 8.57. The third kappa shape index (κ3) is 3.96. The maximum Gasteiger partial charge on any atom is 0.254 e. The van der Waals surface area contributed by atoms with Crippen molar-refractivity contribution in [3.63, 3.8) is 0 Å². The number of carbonyl (C=O) groups excluding carboxylic acids is 1. The maximum absolute atomic E-state index is 12.9. The molecule has 162 valence electrons.